The number of rotatable bonds is 5. The number of benzene rings is 2. The van der Waals surface area contributed by atoms with Crippen LogP contribution in [0.4, 0.5) is 0 Å². The van der Waals surface area contributed by atoms with E-state index >= 15 is 0 Å². The van der Waals surface area contributed by atoms with Gasteiger partial charge in [-0.1, -0.05) is 30.1 Å². The van der Waals surface area contributed by atoms with Gasteiger partial charge in [0, 0.05) is 16.1 Å². The van der Waals surface area contributed by atoms with Gasteiger partial charge in [0.1, 0.15) is 18.2 Å². The van der Waals surface area contributed by atoms with Crippen molar-refractivity contribution in [1.29, 1.82) is 0 Å². The summed E-state index contributed by atoms with van der Waals surface area (Å²) in [6.45, 7) is 4.73. The fourth-order valence-electron chi connectivity index (χ4n) is 2.57. The van der Waals surface area contributed by atoms with Crippen molar-refractivity contribution < 1.29 is 4.74 Å². The number of halogens is 2. The molecule has 3 rings (SSSR count). The molecule has 0 amide bonds. The second-order valence-corrected chi connectivity index (χ2v) is 6.40. The lowest BCUT2D eigenvalue weighted by atomic mass is 10.2. The summed E-state index contributed by atoms with van der Waals surface area (Å²) in [6, 6.07) is 13.4. The first-order valence-electron chi connectivity index (χ1n) is 7.63. The van der Waals surface area contributed by atoms with Crippen LogP contribution in [0.5, 0.6) is 5.75 Å². The molecule has 0 saturated carbocycles. The SMILES string of the molecule is CCC(C)n1c(COc2ccc(Cl)cc2)nc2ccc(Cl)cc21. The van der Waals surface area contributed by atoms with Crippen LogP contribution < -0.4 is 4.74 Å². The van der Waals surface area contributed by atoms with E-state index in [4.69, 9.17) is 32.9 Å². The second-order valence-electron chi connectivity index (χ2n) is 5.53. The molecule has 2 aromatic carbocycles. The second kappa shape index (κ2) is 6.81. The Labute approximate surface area is 145 Å². The van der Waals surface area contributed by atoms with Crippen LogP contribution >= 0.6 is 23.2 Å². The van der Waals surface area contributed by atoms with Gasteiger partial charge in [-0.25, -0.2) is 4.98 Å². The zero-order valence-corrected chi connectivity index (χ0v) is 14.6. The van der Waals surface area contributed by atoms with E-state index in [0.717, 1.165) is 29.0 Å². The number of hydrogen-bond donors (Lipinski definition) is 0. The van der Waals surface area contributed by atoms with E-state index in [1.165, 1.54) is 0 Å². The summed E-state index contributed by atoms with van der Waals surface area (Å²) < 4.78 is 8.07. The smallest absolute Gasteiger partial charge is 0.148 e. The first-order chi connectivity index (χ1) is 11.1. The lowest BCUT2D eigenvalue weighted by Crippen LogP contribution is -2.11. The molecule has 1 heterocycles. The normalized spacial score (nSPS) is 12.5. The number of aromatic nitrogens is 2. The molecule has 0 radical (unpaired) electrons. The number of ether oxygens (including phenoxy) is 1. The van der Waals surface area contributed by atoms with Gasteiger partial charge >= 0.3 is 0 Å². The first-order valence-corrected chi connectivity index (χ1v) is 8.38. The molecule has 0 fully saturated rings. The van der Waals surface area contributed by atoms with Crippen molar-refractivity contribution in [1.82, 2.24) is 9.55 Å². The Morgan fingerprint density at radius 1 is 1.09 bits per heavy atom. The van der Waals surface area contributed by atoms with Gasteiger partial charge < -0.3 is 9.30 Å². The van der Waals surface area contributed by atoms with E-state index in [1.54, 1.807) is 0 Å². The van der Waals surface area contributed by atoms with Crippen molar-refractivity contribution in [2.45, 2.75) is 32.9 Å². The lowest BCUT2D eigenvalue weighted by Gasteiger charge is -2.16. The van der Waals surface area contributed by atoms with Crippen molar-refractivity contribution in [3.05, 3.63) is 58.3 Å². The summed E-state index contributed by atoms with van der Waals surface area (Å²) in [7, 11) is 0. The van der Waals surface area contributed by atoms with Crippen molar-refractivity contribution in [2.24, 2.45) is 0 Å². The molecule has 1 atom stereocenters. The quantitative estimate of drug-likeness (QED) is 0.574. The number of imidazole rings is 1. The van der Waals surface area contributed by atoms with Crippen molar-refractivity contribution in [3.63, 3.8) is 0 Å². The zero-order chi connectivity index (χ0) is 16.4. The van der Waals surface area contributed by atoms with Crippen LogP contribution in [0.25, 0.3) is 11.0 Å². The van der Waals surface area contributed by atoms with Crippen LogP contribution in [0.3, 0.4) is 0 Å². The van der Waals surface area contributed by atoms with Crippen LogP contribution in [-0.2, 0) is 6.61 Å². The fourth-order valence-corrected chi connectivity index (χ4v) is 2.86. The van der Waals surface area contributed by atoms with E-state index < -0.39 is 0 Å². The fraction of sp³-hybridized carbons (Fsp3) is 0.278. The molecular formula is C18H18Cl2N2O. The van der Waals surface area contributed by atoms with Crippen LogP contribution in [0.2, 0.25) is 10.0 Å². The molecule has 0 N–H and O–H groups in total. The average molecular weight is 349 g/mol. The topological polar surface area (TPSA) is 27.1 Å². The summed E-state index contributed by atoms with van der Waals surface area (Å²) in [5.74, 6) is 1.67. The van der Waals surface area contributed by atoms with Gasteiger partial charge in [-0.05, 0) is 55.8 Å². The van der Waals surface area contributed by atoms with Gasteiger partial charge in [0.25, 0.3) is 0 Å². The summed E-state index contributed by atoms with van der Waals surface area (Å²) >= 11 is 12.0. The van der Waals surface area contributed by atoms with E-state index in [9.17, 15) is 0 Å². The predicted octanol–water partition coefficient (Wildman–Crippen LogP) is 5.89. The first kappa shape index (κ1) is 16.2. The molecule has 1 unspecified atom stereocenters. The van der Waals surface area contributed by atoms with Crippen LogP contribution in [0, 0.1) is 0 Å². The minimum absolute atomic E-state index is 0.322. The monoisotopic (exact) mass is 348 g/mol. The maximum absolute atomic E-state index is 6.15. The largest absolute Gasteiger partial charge is 0.486 e. The van der Waals surface area contributed by atoms with Crippen molar-refractivity contribution in [3.8, 4) is 5.75 Å². The average Bonchev–Trinajstić information content (AvgIpc) is 2.91. The summed E-state index contributed by atoms with van der Waals surface area (Å²) in [5, 5.41) is 1.41. The van der Waals surface area contributed by atoms with Crippen LogP contribution in [0.15, 0.2) is 42.5 Å². The maximum atomic E-state index is 6.15. The Kier molecular flexibility index (Phi) is 4.79. The highest BCUT2D eigenvalue weighted by atomic mass is 35.5. The lowest BCUT2D eigenvalue weighted by molar-refractivity contribution is 0.286. The molecule has 1 aromatic heterocycles. The van der Waals surface area contributed by atoms with Gasteiger partial charge in [-0.15, -0.1) is 0 Å². The zero-order valence-electron chi connectivity index (χ0n) is 13.1. The molecular weight excluding hydrogens is 331 g/mol. The third-order valence-corrected chi connectivity index (χ3v) is 4.42. The number of fused-ring (bicyclic) bond motifs is 1. The molecule has 0 aliphatic rings. The Morgan fingerprint density at radius 2 is 1.78 bits per heavy atom. The summed E-state index contributed by atoms with van der Waals surface area (Å²) in [6.07, 6.45) is 1.01. The molecule has 0 saturated heterocycles. The van der Waals surface area contributed by atoms with E-state index in [0.29, 0.717) is 22.7 Å². The van der Waals surface area contributed by atoms with Gasteiger partial charge in [-0.3, -0.25) is 0 Å². The Hall–Kier alpha value is -1.71. The van der Waals surface area contributed by atoms with Gasteiger partial charge in [0.2, 0.25) is 0 Å². The number of nitrogens with zero attached hydrogens (tertiary/aromatic N) is 2. The molecule has 0 spiro atoms. The van der Waals surface area contributed by atoms with Crippen molar-refractivity contribution >= 4 is 34.2 Å². The Balaban J connectivity index is 1.94. The predicted molar refractivity (Wildman–Crippen MR) is 95.5 cm³/mol. The summed E-state index contributed by atoms with van der Waals surface area (Å²) in [4.78, 5) is 4.71. The minimum atomic E-state index is 0.322. The Bertz CT molecular complexity index is 812. The molecule has 120 valence electrons. The summed E-state index contributed by atoms with van der Waals surface area (Å²) in [5.41, 5.74) is 1.98. The van der Waals surface area contributed by atoms with Gasteiger partial charge in [0.15, 0.2) is 0 Å². The third-order valence-electron chi connectivity index (χ3n) is 3.94. The highest BCUT2D eigenvalue weighted by Crippen LogP contribution is 2.26. The molecule has 3 aromatic rings. The molecule has 3 nitrogen and oxygen atoms in total. The Morgan fingerprint density at radius 3 is 2.48 bits per heavy atom. The molecule has 5 heteroatoms. The molecule has 23 heavy (non-hydrogen) atoms. The molecule has 0 aliphatic carbocycles. The van der Waals surface area contributed by atoms with Crippen molar-refractivity contribution in [2.75, 3.05) is 0 Å². The minimum Gasteiger partial charge on any atom is -0.486 e. The highest BCUT2D eigenvalue weighted by molar-refractivity contribution is 6.31. The standard InChI is InChI=1S/C18H18Cl2N2O/c1-3-12(2)22-17-10-14(20)6-9-16(17)21-18(22)11-23-15-7-4-13(19)5-8-15/h4-10,12H,3,11H2,1-2H3. The van der Waals surface area contributed by atoms with E-state index in [2.05, 4.69) is 18.4 Å². The molecule has 0 bridgehead atoms. The maximum Gasteiger partial charge on any atom is 0.148 e. The highest BCUT2D eigenvalue weighted by Gasteiger charge is 2.15. The van der Waals surface area contributed by atoms with E-state index in [-0.39, 0.29) is 0 Å². The van der Waals surface area contributed by atoms with Gasteiger partial charge in [0.05, 0.1) is 11.0 Å². The van der Waals surface area contributed by atoms with Crippen LogP contribution in [-0.4, -0.2) is 9.55 Å². The molecule has 0 aliphatic heterocycles. The van der Waals surface area contributed by atoms with Crippen LogP contribution in [0.1, 0.15) is 32.1 Å². The third kappa shape index (κ3) is 3.46. The van der Waals surface area contributed by atoms with Gasteiger partial charge in [-0.2, -0.15) is 0 Å². The van der Waals surface area contributed by atoms with E-state index in [1.807, 2.05) is 42.5 Å². The number of hydrogen-bond acceptors (Lipinski definition) is 2.